The Bertz CT molecular complexity index is 643. The van der Waals surface area contributed by atoms with Crippen LogP contribution in [0.5, 0.6) is 5.75 Å². The van der Waals surface area contributed by atoms with Crippen molar-refractivity contribution in [2.45, 2.75) is 50.4 Å². The summed E-state index contributed by atoms with van der Waals surface area (Å²) in [6, 6.07) is 9.10. The first-order valence-electron chi connectivity index (χ1n) is 9.52. The first-order valence-corrected chi connectivity index (χ1v) is 9.52. The average Bonchev–Trinajstić information content (AvgIpc) is 2.94. The maximum absolute atomic E-state index is 12.1. The Hall–Kier alpha value is -2.22. The van der Waals surface area contributed by atoms with Crippen molar-refractivity contribution >= 4 is 11.8 Å². The quantitative estimate of drug-likeness (QED) is 0.466. The summed E-state index contributed by atoms with van der Waals surface area (Å²) in [5, 5.41) is 28.8. The van der Waals surface area contributed by atoms with Gasteiger partial charge in [-0.05, 0) is 31.4 Å². The molecule has 28 heavy (non-hydrogen) atoms. The summed E-state index contributed by atoms with van der Waals surface area (Å²) in [6.07, 6.45) is 2.92. The Morgan fingerprint density at radius 2 is 1.89 bits per heavy atom. The molecule has 4 unspecified atom stereocenters. The molecule has 1 aliphatic carbocycles. The van der Waals surface area contributed by atoms with Crippen molar-refractivity contribution < 1.29 is 34.4 Å². The van der Waals surface area contributed by atoms with E-state index in [1.165, 1.54) is 0 Å². The van der Waals surface area contributed by atoms with Gasteiger partial charge in [-0.3, -0.25) is 9.59 Å². The van der Waals surface area contributed by atoms with Gasteiger partial charge in [0.05, 0.1) is 18.8 Å². The molecule has 7 nitrogen and oxygen atoms in total. The number of hydrogen-bond acceptors (Lipinski definition) is 6. The molecule has 7 heteroatoms. The smallest absolute Gasteiger partial charge is 0.303 e. The Morgan fingerprint density at radius 1 is 1.18 bits per heavy atom. The number of allylic oxidation sites excluding steroid dienone is 2. The fraction of sp³-hybridized carbons (Fsp3) is 0.524. The van der Waals surface area contributed by atoms with Gasteiger partial charge in [0.25, 0.3) is 0 Å². The largest absolute Gasteiger partial charge is 0.491 e. The minimum absolute atomic E-state index is 0.0349. The molecule has 0 amide bonds. The van der Waals surface area contributed by atoms with Gasteiger partial charge in [-0.1, -0.05) is 30.4 Å². The third-order valence-corrected chi connectivity index (χ3v) is 4.60. The highest BCUT2D eigenvalue weighted by atomic mass is 16.5. The number of para-hydroxylation sites is 1. The number of ketones is 1. The monoisotopic (exact) mass is 392 g/mol. The molecule has 0 heterocycles. The number of carboxylic acid groups (broad SMARTS) is 1. The van der Waals surface area contributed by atoms with Crippen LogP contribution in [0.25, 0.3) is 0 Å². The predicted molar refractivity (Wildman–Crippen MR) is 102 cm³/mol. The minimum atomic E-state index is -0.879. The molecule has 0 aromatic heterocycles. The molecule has 1 aromatic carbocycles. The number of carbonyl (C=O) groups is 2. The molecule has 1 aliphatic rings. The topological polar surface area (TPSA) is 113 Å². The van der Waals surface area contributed by atoms with Gasteiger partial charge in [0.2, 0.25) is 0 Å². The number of aliphatic hydroxyl groups excluding tert-OH is 2. The lowest BCUT2D eigenvalue weighted by atomic mass is 9.98. The van der Waals surface area contributed by atoms with E-state index in [-0.39, 0.29) is 31.8 Å². The third kappa shape index (κ3) is 7.42. The molecule has 0 spiro atoms. The minimum Gasteiger partial charge on any atom is -0.491 e. The Balaban J connectivity index is 1.74. The third-order valence-electron chi connectivity index (χ3n) is 4.60. The standard InChI is InChI=1S/C21H28O7/c22-15(13-27-16-8-4-3-5-9-16)14-28-21-17(18(23)12-19(21)24)10-6-1-2-7-11-20(25)26/h1-5,8-9,15,17,19,21-22,24H,6-7,10-14H2,(H,25,26)/b2-1+. The SMILES string of the molecule is O=C(O)CC/C=C/CCC1C(=O)CC(O)C1OCC(O)COc1ccccc1. The second-order valence-corrected chi connectivity index (χ2v) is 6.90. The lowest BCUT2D eigenvalue weighted by Gasteiger charge is -2.23. The predicted octanol–water partition coefficient (Wildman–Crippen LogP) is 1.96. The average molecular weight is 392 g/mol. The van der Waals surface area contributed by atoms with Crippen molar-refractivity contribution in [1.82, 2.24) is 0 Å². The van der Waals surface area contributed by atoms with Crippen molar-refractivity contribution in [3.63, 3.8) is 0 Å². The Labute approximate surface area is 164 Å². The van der Waals surface area contributed by atoms with E-state index in [1.807, 2.05) is 24.3 Å². The number of Topliss-reactive ketones (excluding diaryl/α,β-unsaturated/α-hetero) is 1. The van der Waals surface area contributed by atoms with Crippen LogP contribution in [0.1, 0.15) is 32.1 Å². The van der Waals surface area contributed by atoms with E-state index in [0.717, 1.165) is 0 Å². The van der Waals surface area contributed by atoms with Crippen molar-refractivity contribution in [2.24, 2.45) is 5.92 Å². The maximum Gasteiger partial charge on any atom is 0.303 e. The zero-order valence-corrected chi connectivity index (χ0v) is 15.8. The van der Waals surface area contributed by atoms with E-state index in [0.29, 0.717) is 25.0 Å². The van der Waals surface area contributed by atoms with Crippen LogP contribution in [0.4, 0.5) is 0 Å². The van der Waals surface area contributed by atoms with Crippen LogP contribution in [0.2, 0.25) is 0 Å². The molecule has 154 valence electrons. The van der Waals surface area contributed by atoms with Crippen molar-refractivity contribution in [3.05, 3.63) is 42.5 Å². The molecule has 3 N–H and O–H groups in total. The maximum atomic E-state index is 12.1. The van der Waals surface area contributed by atoms with E-state index >= 15 is 0 Å². The fourth-order valence-electron chi connectivity index (χ4n) is 3.18. The van der Waals surface area contributed by atoms with Crippen LogP contribution >= 0.6 is 0 Å². The highest BCUT2D eigenvalue weighted by molar-refractivity contribution is 5.84. The fourth-order valence-corrected chi connectivity index (χ4v) is 3.18. The van der Waals surface area contributed by atoms with Gasteiger partial charge >= 0.3 is 5.97 Å². The van der Waals surface area contributed by atoms with Gasteiger partial charge < -0.3 is 24.8 Å². The molecular weight excluding hydrogens is 364 g/mol. The molecule has 0 aliphatic heterocycles. The molecule has 4 atom stereocenters. The highest BCUT2D eigenvalue weighted by Gasteiger charge is 2.42. The lowest BCUT2D eigenvalue weighted by molar-refractivity contribution is -0.136. The highest BCUT2D eigenvalue weighted by Crippen LogP contribution is 2.29. The second kappa shape index (κ2) is 11.6. The summed E-state index contributed by atoms with van der Waals surface area (Å²) < 4.78 is 11.1. The van der Waals surface area contributed by atoms with Crippen LogP contribution in [0, 0.1) is 5.92 Å². The molecule has 1 aromatic rings. The van der Waals surface area contributed by atoms with E-state index in [1.54, 1.807) is 18.2 Å². The first kappa shape index (κ1) is 22.1. The van der Waals surface area contributed by atoms with Crippen LogP contribution in [0.3, 0.4) is 0 Å². The second-order valence-electron chi connectivity index (χ2n) is 6.90. The number of hydrogen-bond donors (Lipinski definition) is 3. The molecule has 1 saturated carbocycles. The van der Waals surface area contributed by atoms with Crippen LogP contribution < -0.4 is 4.74 Å². The molecule has 2 rings (SSSR count). The number of carboxylic acids is 1. The van der Waals surface area contributed by atoms with E-state index in [9.17, 15) is 19.8 Å². The first-order chi connectivity index (χ1) is 13.5. The summed E-state index contributed by atoms with van der Waals surface area (Å²) >= 11 is 0. The molecule has 1 fully saturated rings. The zero-order valence-electron chi connectivity index (χ0n) is 15.8. The zero-order chi connectivity index (χ0) is 20.4. The van der Waals surface area contributed by atoms with Gasteiger partial charge in [-0.15, -0.1) is 0 Å². The van der Waals surface area contributed by atoms with E-state index < -0.39 is 30.2 Å². The molecule has 0 saturated heterocycles. The summed E-state index contributed by atoms with van der Waals surface area (Å²) in [6.45, 7) is 0.0184. The van der Waals surface area contributed by atoms with Crippen molar-refractivity contribution in [3.8, 4) is 5.75 Å². The van der Waals surface area contributed by atoms with E-state index in [4.69, 9.17) is 14.6 Å². The number of aliphatic carboxylic acids is 1. The molecule has 0 bridgehead atoms. The number of carbonyl (C=O) groups excluding carboxylic acids is 1. The van der Waals surface area contributed by atoms with Crippen LogP contribution in [-0.2, 0) is 14.3 Å². The molecule has 0 radical (unpaired) electrons. The summed E-state index contributed by atoms with van der Waals surface area (Å²) in [5.74, 6) is -0.681. The number of aliphatic hydroxyl groups is 2. The van der Waals surface area contributed by atoms with Gasteiger partial charge in [-0.25, -0.2) is 0 Å². The van der Waals surface area contributed by atoms with Gasteiger partial charge in [0, 0.05) is 18.8 Å². The van der Waals surface area contributed by atoms with Crippen molar-refractivity contribution in [2.75, 3.05) is 13.2 Å². The normalized spacial score (nSPS) is 23.2. The Kier molecular flexibility index (Phi) is 9.13. The van der Waals surface area contributed by atoms with Gasteiger partial charge in [0.15, 0.2) is 0 Å². The number of benzene rings is 1. The Morgan fingerprint density at radius 3 is 2.61 bits per heavy atom. The van der Waals surface area contributed by atoms with Gasteiger partial charge in [-0.2, -0.15) is 0 Å². The van der Waals surface area contributed by atoms with Crippen LogP contribution in [-0.4, -0.2) is 58.6 Å². The summed E-state index contributed by atoms with van der Waals surface area (Å²) in [7, 11) is 0. The number of ether oxygens (including phenoxy) is 2. The summed E-state index contributed by atoms with van der Waals surface area (Å²) in [4.78, 5) is 22.6. The van der Waals surface area contributed by atoms with Crippen molar-refractivity contribution in [1.29, 1.82) is 0 Å². The number of rotatable bonds is 12. The lowest BCUT2D eigenvalue weighted by Crippen LogP contribution is -2.34. The van der Waals surface area contributed by atoms with Crippen LogP contribution in [0.15, 0.2) is 42.5 Å². The summed E-state index contributed by atoms with van der Waals surface area (Å²) in [5.41, 5.74) is 0. The molecular formula is C21H28O7. The van der Waals surface area contributed by atoms with E-state index in [2.05, 4.69) is 0 Å². The van der Waals surface area contributed by atoms with Gasteiger partial charge in [0.1, 0.15) is 24.2 Å².